The molecule has 0 aromatic carbocycles. The van der Waals surface area contributed by atoms with Crippen LogP contribution in [0, 0.1) is 5.92 Å². The Balaban J connectivity index is 3.81. The van der Waals surface area contributed by atoms with Crippen LogP contribution < -0.4 is 0 Å². The maximum atomic E-state index is 3.70. The van der Waals surface area contributed by atoms with E-state index in [0.717, 1.165) is 0 Å². The normalized spacial score (nSPS) is 16.6. The first-order chi connectivity index (χ1) is 4.72. The minimum absolute atomic E-state index is 0.378. The molecule has 0 aliphatic rings. The number of rotatable bonds is 4. The van der Waals surface area contributed by atoms with Gasteiger partial charge in [-0.25, -0.2) is 0 Å². The summed E-state index contributed by atoms with van der Waals surface area (Å²) >= 11 is 3.50. The van der Waals surface area contributed by atoms with Crippen LogP contribution in [-0.4, -0.2) is 4.83 Å². The molecule has 0 aromatic heterocycles. The van der Waals surface area contributed by atoms with Gasteiger partial charge in [-0.2, -0.15) is 0 Å². The maximum absolute atomic E-state index is 3.70. The van der Waals surface area contributed by atoms with Crippen molar-refractivity contribution >= 4 is 15.9 Å². The van der Waals surface area contributed by atoms with E-state index in [4.69, 9.17) is 0 Å². The van der Waals surface area contributed by atoms with E-state index in [1.165, 1.54) is 0 Å². The molecule has 0 radical (unpaired) electrons. The van der Waals surface area contributed by atoms with Crippen molar-refractivity contribution in [2.75, 3.05) is 0 Å². The van der Waals surface area contributed by atoms with Gasteiger partial charge in [-0.1, -0.05) is 53.7 Å². The third-order valence-corrected chi connectivity index (χ3v) is 2.44. The lowest BCUT2D eigenvalue weighted by Gasteiger charge is -2.07. The van der Waals surface area contributed by atoms with E-state index in [1.54, 1.807) is 6.08 Å². The number of halogens is 1. The van der Waals surface area contributed by atoms with Gasteiger partial charge in [0.05, 0.1) is 0 Å². The van der Waals surface area contributed by atoms with Gasteiger partial charge in [0.25, 0.3) is 0 Å². The summed E-state index contributed by atoms with van der Waals surface area (Å²) in [6.07, 6.45) is 7.68. The predicted molar refractivity (Wildman–Crippen MR) is 51.4 cm³/mol. The molecule has 0 amide bonds. The van der Waals surface area contributed by atoms with Crippen molar-refractivity contribution in [2.45, 2.75) is 11.8 Å². The molecule has 0 nitrogen and oxygen atoms in total. The Kier molecular flexibility index (Phi) is 5.32. The number of hydrogen-bond acceptors (Lipinski definition) is 0. The zero-order valence-corrected chi connectivity index (χ0v) is 7.84. The standard InChI is InChI=1S/C9H13Br/c1-4-6-7-9(10)8(3)5-2/h4-9H,1-2H2,3H3/b7-6+. The van der Waals surface area contributed by atoms with E-state index >= 15 is 0 Å². The summed E-state index contributed by atoms with van der Waals surface area (Å²) in [6.45, 7) is 9.40. The van der Waals surface area contributed by atoms with Gasteiger partial charge in [-0.05, 0) is 5.92 Å². The van der Waals surface area contributed by atoms with Crippen LogP contribution in [0.5, 0.6) is 0 Å². The Morgan fingerprint density at radius 1 is 1.40 bits per heavy atom. The Bertz CT molecular complexity index is 136. The average Bonchev–Trinajstić information content (AvgIpc) is 1.98. The zero-order valence-electron chi connectivity index (χ0n) is 6.26. The van der Waals surface area contributed by atoms with Gasteiger partial charge in [0.15, 0.2) is 0 Å². The lowest BCUT2D eigenvalue weighted by molar-refractivity contribution is 0.772. The highest BCUT2D eigenvalue weighted by atomic mass is 79.9. The first-order valence-corrected chi connectivity index (χ1v) is 4.19. The number of allylic oxidation sites excluding steroid dienone is 4. The fourth-order valence-electron chi connectivity index (χ4n) is 0.490. The third kappa shape index (κ3) is 3.67. The molecule has 0 rings (SSSR count). The van der Waals surface area contributed by atoms with Crippen LogP contribution in [0.1, 0.15) is 6.92 Å². The second kappa shape index (κ2) is 5.48. The first-order valence-electron chi connectivity index (χ1n) is 3.28. The van der Waals surface area contributed by atoms with Crippen LogP contribution >= 0.6 is 15.9 Å². The smallest absolute Gasteiger partial charge is 0.0388 e. The molecule has 1 heteroatoms. The van der Waals surface area contributed by atoms with E-state index < -0.39 is 0 Å². The van der Waals surface area contributed by atoms with E-state index in [1.807, 2.05) is 12.2 Å². The SMILES string of the molecule is C=C/C=C/C(Br)C(C)C=C. The van der Waals surface area contributed by atoms with Crippen molar-refractivity contribution in [3.8, 4) is 0 Å². The molecule has 0 fully saturated rings. The molecule has 0 spiro atoms. The molecule has 0 aliphatic carbocycles. The molecular weight excluding hydrogens is 188 g/mol. The van der Waals surface area contributed by atoms with E-state index in [-0.39, 0.29) is 0 Å². The number of hydrogen-bond donors (Lipinski definition) is 0. The lowest BCUT2D eigenvalue weighted by atomic mass is 10.1. The van der Waals surface area contributed by atoms with Gasteiger partial charge < -0.3 is 0 Å². The van der Waals surface area contributed by atoms with Gasteiger partial charge in [0, 0.05) is 4.83 Å². The first kappa shape index (κ1) is 9.70. The average molecular weight is 201 g/mol. The van der Waals surface area contributed by atoms with Crippen LogP contribution in [0.4, 0.5) is 0 Å². The highest BCUT2D eigenvalue weighted by Crippen LogP contribution is 2.14. The second-order valence-electron chi connectivity index (χ2n) is 2.16. The van der Waals surface area contributed by atoms with Crippen molar-refractivity contribution in [3.63, 3.8) is 0 Å². The Morgan fingerprint density at radius 2 is 2.00 bits per heavy atom. The van der Waals surface area contributed by atoms with Crippen molar-refractivity contribution in [2.24, 2.45) is 5.92 Å². The molecule has 0 N–H and O–H groups in total. The van der Waals surface area contributed by atoms with Gasteiger partial charge in [0.1, 0.15) is 0 Å². The summed E-state index contributed by atoms with van der Waals surface area (Å²) in [5.41, 5.74) is 0. The Morgan fingerprint density at radius 3 is 2.40 bits per heavy atom. The molecule has 10 heavy (non-hydrogen) atoms. The number of alkyl halides is 1. The van der Waals surface area contributed by atoms with Gasteiger partial charge in [0.2, 0.25) is 0 Å². The fourth-order valence-corrected chi connectivity index (χ4v) is 0.882. The summed E-state index contributed by atoms with van der Waals surface area (Å²) < 4.78 is 0. The van der Waals surface area contributed by atoms with Crippen LogP contribution in [0.2, 0.25) is 0 Å². The molecule has 2 unspecified atom stereocenters. The van der Waals surface area contributed by atoms with Gasteiger partial charge in [-0.3, -0.25) is 0 Å². The summed E-state index contributed by atoms with van der Waals surface area (Å²) in [5, 5.41) is 0. The van der Waals surface area contributed by atoms with Crippen LogP contribution in [0.25, 0.3) is 0 Å². The van der Waals surface area contributed by atoms with Gasteiger partial charge >= 0.3 is 0 Å². The molecule has 0 bridgehead atoms. The molecule has 0 aliphatic heterocycles. The van der Waals surface area contributed by atoms with E-state index in [0.29, 0.717) is 10.7 Å². The van der Waals surface area contributed by atoms with Crippen LogP contribution in [0.15, 0.2) is 37.5 Å². The van der Waals surface area contributed by atoms with E-state index in [2.05, 4.69) is 42.1 Å². The summed E-state index contributed by atoms with van der Waals surface area (Å²) in [5.74, 6) is 0.469. The van der Waals surface area contributed by atoms with Crippen molar-refractivity contribution < 1.29 is 0 Å². The monoisotopic (exact) mass is 200 g/mol. The summed E-state index contributed by atoms with van der Waals surface area (Å²) in [7, 11) is 0. The predicted octanol–water partition coefficient (Wildman–Crippen LogP) is 3.31. The van der Waals surface area contributed by atoms with E-state index in [9.17, 15) is 0 Å². The van der Waals surface area contributed by atoms with Crippen LogP contribution in [-0.2, 0) is 0 Å². The highest BCUT2D eigenvalue weighted by molar-refractivity contribution is 9.09. The minimum atomic E-state index is 0.378. The molecule has 0 saturated heterocycles. The Labute approximate surface area is 71.5 Å². The molecule has 0 heterocycles. The molecule has 56 valence electrons. The maximum Gasteiger partial charge on any atom is 0.0388 e. The summed E-state index contributed by atoms with van der Waals surface area (Å²) in [4.78, 5) is 0.378. The molecule has 0 aromatic rings. The second-order valence-corrected chi connectivity index (χ2v) is 3.22. The lowest BCUT2D eigenvalue weighted by Crippen LogP contribution is -2.03. The van der Waals surface area contributed by atoms with Crippen LogP contribution in [0.3, 0.4) is 0 Å². The third-order valence-electron chi connectivity index (χ3n) is 1.31. The van der Waals surface area contributed by atoms with Crippen molar-refractivity contribution in [1.82, 2.24) is 0 Å². The largest absolute Gasteiger partial charge is 0.103 e. The Hall–Kier alpha value is -0.300. The topological polar surface area (TPSA) is 0 Å². The van der Waals surface area contributed by atoms with Crippen molar-refractivity contribution in [1.29, 1.82) is 0 Å². The minimum Gasteiger partial charge on any atom is -0.103 e. The molecule has 0 saturated carbocycles. The molecule has 2 atom stereocenters. The zero-order chi connectivity index (χ0) is 7.98. The van der Waals surface area contributed by atoms with Gasteiger partial charge in [-0.15, -0.1) is 6.58 Å². The quantitative estimate of drug-likeness (QED) is 0.372. The fraction of sp³-hybridized carbons (Fsp3) is 0.333. The molecular formula is C9H13Br. The highest BCUT2D eigenvalue weighted by Gasteiger charge is 2.04. The van der Waals surface area contributed by atoms with Crippen molar-refractivity contribution in [3.05, 3.63) is 37.5 Å². The summed E-state index contributed by atoms with van der Waals surface area (Å²) in [6, 6.07) is 0.